The first-order valence-corrected chi connectivity index (χ1v) is 3.79. The molecule has 0 radical (unpaired) electrons. The van der Waals surface area contributed by atoms with Gasteiger partial charge in [-0.25, -0.2) is 4.39 Å². The number of rotatable bonds is 0. The van der Waals surface area contributed by atoms with E-state index in [0.717, 1.165) is 18.2 Å². The second-order valence-corrected chi connectivity index (χ2v) is 2.88. The van der Waals surface area contributed by atoms with Gasteiger partial charge in [-0.15, -0.1) is 5.48 Å². The maximum Gasteiger partial charge on any atom is 0.509 e. The zero-order chi connectivity index (χ0) is 10.3. The molecule has 0 saturated carbocycles. The molecule has 7 heteroatoms. The molecule has 0 amide bonds. The summed E-state index contributed by atoms with van der Waals surface area (Å²) in [6.07, 6.45) is 0. The summed E-state index contributed by atoms with van der Waals surface area (Å²) in [7, 11) is -1.58. The Hall–Kier alpha value is -1.05. The molecule has 1 heterocycles. The number of hydrogen-bond acceptors (Lipinski definition) is 3. The second kappa shape index (κ2) is 2.98. The second-order valence-electron chi connectivity index (χ2n) is 2.88. The highest BCUT2D eigenvalue weighted by Crippen LogP contribution is 2.26. The van der Waals surface area contributed by atoms with Gasteiger partial charge in [-0.05, 0) is 23.7 Å². The summed E-state index contributed by atoms with van der Waals surface area (Å²) in [5.74, 6) is -0.705. The molecule has 14 heavy (non-hydrogen) atoms. The quantitative estimate of drug-likeness (QED) is 0.464. The molecule has 1 aromatic carbocycles. The topological polar surface area (TPSA) is 41.5 Å². The van der Waals surface area contributed by atoms with E-state index in [-0.39, 0.29) is 5.46 Å². The molecule has 0 fully saturated rings. The number of alkyl halides is 2. The Bertz CT molecular complexity index is 374. The lowest BCUT2D eigenvalue weighted by Crippen LogP contribution is -2.54. The molecule has 0 unspecified atom stereocenters. The van der Waals surface area contributed by atoms with Crippen molar-refractivity contribution in [2.24, 2.45) is 0 Å². The molecule has 0 atom stereocenters. The van der Waals surface area contributed by atoms with Crippen LogP contribution in [0.1, 0.15) is 5.56 Å². The minimum absolute atomic E-state index is 0.270. The van der Waals surface area contributed by atoms with Gasteiger partial charge in [0.2, 0.25) is 0 Å². The summed E-state index contributed by atoms with van der Waals surface area (Å²) in [6.45, 7) is 0. The van der Waals surface area contributed by atoms with Crippen LogP contribution in [0.4, 0.5) is 13.2 Å². The fourth-order valence-electron chi connectivity index (χ4n) is 1.27. The number of nitrogens with one attached hydrogen (secondary N) is 1. The highest BCUT2D eigenvalue weighted by atomic mass is 19.3. The van der Waals surface area contributed by atoms with Crippen molar-refractivity contribution >= 4 is 12.6 Å². The van der Waals surface area contributed by atoms with Crippen molar-refractivity contribution in [3.8, 4) is 0 Å². The molecule has 1 aliphatic heterocycles. The van der Waals surface area contributed by atoms with Gasteiger partial charge in [0.05, 0.1) is 0 Å². The van der Waals surface area contributed by atoms with Gasteiger partial charge in [-0.2, -0.15) is 8.78 Å². The molecule has 0 bridgehead atoms. The normalized spacial score (nSPS) is 19.3. The van der Waals surface area contributed by atoms with Gasteiger partial charge in [0.25, 0.3) is 0 Å². The van der Waals surface area contributed by atoms with E-state index in [1.54, 1.807) is 0 Å². The van der Waals surface area contributed by atoms with Crippen molar-refractivity contribution in [2.75, 3.05) is 0 Å². The van der Waals surface area contributed by atoms with Gasteiger partial charge in [-0.3, -0.25) is 0 Å². The molecule has 2 N–H and O–H groups in total. The van der Waals surface area contributed by atoms with Crippen LogP contribution in [0.2, 0.25) is 0 Å². The molecular weight excluding hydrogens is 198 g/mol. The first kappa shape index (κ1) is 9.51. The molecule has 0 aromatic heterocycles. The average Bonchev–Trinajstić information content (AvgIpc) is 2.12. The molecule has 0 saturated heterocycles. The van der Waals surface area contributed by atoms with Crippen molar-refractivity contribution in [3.63, 3.8) is 0 Å². The molecule has 1 aromatic rings. The van der Waals surface area contributed by atoms with Crippen LogP contribution in [-0.2, 0) is 10.8 Å². The maximum absolute atomic E-state index is 13.0. The van der Waals surface area contributed by atoms with Crippen LogP contribution in [0.15, 0.2) is 18.2 Å². The fraction of sp³-hybridized carbons (Fsp3) is 0.143. The number of benzene rings is 1. The van der Waals surface area contributed by atoms with Crippen LogP contribution in [0, 0.1) is 5.82 Å². The van der Waals surface area contributed by atoms with Crippen LogP contribution >= 0.6 is 0 Å². The van der Waals surface area contributed by atoms with Crippen molar-refractivity contribution in [2.45, 2.75) is 6.05 Å². The fourth-order valence-corrected chi connectivity index (χ4v) is 1.27. The van der Waals surface area contributed by atoms with Crippen LogP contribution in [-0.4, -0.2) is 12.1 Å². The van der Waals surface area contributed by atoms with Crippen molar-refractivity contribution < 1.29 is 23.0 Å². The Labute approximate surface area is 77.6 Å². The van der Waals surface area contributed by atoms with Gasteiger partial charge in [0, 0.05) is 5.56 Å². The van der Waals surface area contributed by atoms with Crippen LogP contribution in [0.5, 0.6) is 0 Å². The standard InChI is InChI=1S/C7H5BF3NO2/c9-4-1-2-5-6(3-4)8(13)14-12-7(5,10)11/h1-3,12-13H. The minimum atomic E-state index is -3.41. The Morgan fingerprint density at radius 3 is 2.86 bits per heavy atom. The minimum Gasteiger partial charge on any atom is -0.422 e. The van der Waals surface area contributed by atoms with E-state index in [1.807, 2.05) is 0 Å². The molecule has 3 nitrogen and oxygen atoms in total. The largest absolute Gasteiger partial charge is 0.509 e. The number of hydroxylamine groups is 1. The SMILES string of the molecule is OB1ONC(F)(F)c2ccc(F)cc21. The van der Waals surface area contributed by atoms with Crippen molar-refractivity contribution in [1.82, 2.24) is 5.48 Å². The third-order valence-electron chi connectivity index (χ3n) is 1.92. The predicted octanol–water partition coefficient (Wildman–Crippen LogP) is 0.0973. The van der Waals surface area contributed by atoms with Crippen molar-refractivity contribution in [1.29, 1.82) is 0 Å². The van der Waals surface area contributed by atoms with Gasteiger partial charge in [0.15, 0.2) is 0 Å². The maximum atomic E-state index is 13.0. The number of fused-ring (bicyclic) bond motifs is 1. The average molecular weight is 203 g/mol. The summed E-state index contributed by atoms with van der Waals surface area (Å²) in [5.41, 5.74) is 0.620. The third kappa shape index (κ3) is 1.39. The highest BCUT2D eigenvalue weighted by molar-refractivity contribution is 6.60. The predicted molar refractivity (Wildman–Crippen MR) is 42.1 cm³/mol. The molecular formula is C7H5BF3NO2. The van der Waals surface area contributed by atoms with Gasteiger partial charge >= 0.3 is 13.2 Å². The zero-order valence-electron chi connectivity index (χ0n) is 6.80. The smallest absolute Gasteiger partial charge is 0.422 e. The van der Waals surface area contributed by atoms with E-state index in [1.165, 1.54) is 5.48 Å². The molecule has 0 spiro atoms. The van der Waals surface area contributed by atoms with E-state index < -0.39 is 24.5 Å². The number of hydrogen-bond donors (Lipinski definition) is 2. The van der Waals surface area contributed by atoms with E-state index in [4.69, 9.17) is 5.02 Å². The first-order valence-electron chi connectivity index (χ1n) is 3.79. The van der Waals surface area contributed by atoms with Gasteiger partial charge < -0.3 is 9.78 Å². The highest BCUT2D eigenvalue weighted by Gasteiger charge is 2.43. The Morgan fingerprint density at radius 1 is 1.43 bits per heavy atom. The molecule has 2 rings (SSSR count). The van der Waals surface area contributed by atoms with E-state index in [0.29, 0.717) is 0 Å². The lowest BCUT2D eigenvalue weighted by atomic mass is 9.75. The summed E-state index contributed by atoms with van der Waals surface area (Å²) in [5, 5.41) is 9.13. The summed E-state index contributed by atoms with van der Waals surface area (Å²) >= 11 is 0. The monoisotopic (exact) mass is 203 g/mol. The zero-order valence-corrected chi connectivity index (χ0v) is 6.80. The molecule has 0 aliphatic carbocycles. The van der Waals surface area contributed by atoms with Crippen LogP contribution in [0.3, 0.4) is 0 Å². The van der Waals surface area contributed by atoms with Crippen LogP contribution in [0.25, 0.3) is 0 Å². The van der Waals surface area contributed by atoms with E-state index >= 15 is 0 Å². The van der Waals surface area contributed by atoms with E-state index in [2.05, 4.69) is 4.76 Å². The summed E-state index contributed by atoms with van der Waals surface area (Å²) in [4.78, 5) is 0. The molecule has 1 aliphatic rings. The number of halogens is 3. The Balaban J connectivity index is 2.57. The third-order valence-corrected chi connectivity index (χ3v) is 1.92. The lowest BCUT2D eigenvalue weighted by Gasteiger charge is -2.27. The summed E-state index contributed by atoms with van der Waals surface area (Å²) in [6, 6.07) is -0.799. The van der Waals surface area contributed by atoms with Gasteiger partial charge in [-0.1, -0.05) is 0 Å². The van der Waals surface area contributed by atoms with Gasteiger partial charge in [0.1, 0.15) is 5.82 Å². The Kier molecular flexibility index (Phi) is 2.02. The molecule has 74 valence electrons. The summed E-state index contributed by atoms with van der Waals surface area (Å²) < 4.78 is 42.9. The first-order chi connectivity index (χ1) is 6.50. The Morgan fingerprint density at radius 2 is 2.14 bits per heavy atom. The lowest BCUT2D eigenvalue weighted by molar-refractivity contribution is -0.131. The van der Waals surface area contributed by atoms with Crippen molar-refractivity contribution in [3.05, 3.63) is 29.6 Å². The van der Waals surface area contributed by atoms with Crippen LogP contribution < -0.4 is 10.9 Å². The van der Waals surface area contributed by atoms with E-state index in [9.17, 15) is 13.2 Å².